The summed E-state index contributed by atoms with van der Waals surface area (Å²) in [5.74, 6) is 0. The van der Waals surface area contributed by atoms with Gasteiger partial charge in [-0.05, 0) is 44.3 Å². The zero-order valence-electron chi connectivity index (χ0n) is 14.3. The van der Waals surface area contributed by atoms with E-state index in [1.807, 2.05) is 11.3 Å². The van der Waals surface area contributed by atoms with Crippen LogP contribution in [0.2, 0.25) is 0 Å². The van der Waals surface area contributed by atoms with E-state index in [-0.39, 0.29) is 0 Å². The Morgan fingerprint density at radius 3 is 2.92 bits per heavy atom. The zero-order chi connectivity index (χ0) is 16.5. The minimum atomic E-state index is 0.451. The van der Waals surface area contributed by atoms with Crippen LogP contribution in [0.1, 0.15) is 37.1 Å². The van der Waals surface area contributed by atoms with Crippen molar-refractivity contribution < 1.29 is 4.74 Å². The van der Waals surface area contributed by atoms with E-state index in [0.29, 0.717) is 12.6 Å². The number of hydrogen-bond donors (Lipinski definition) is 0. The molecule has 0 bridgehead atoms. The van der Waals surface area contributed by atoms with Crippen molar-refractivity contribution in [2.75, 3.05) is 26.2 Å². The molecule has 0 radical (unpaired) electrons. The summed E-state index contributed by atoms with van der Waals surface area (Å²) in [6, 6.07) is 0.451. The smallest absolute Gasteiger partial charge is 0.336 e. The molecule has 0 N–H and O–H groups in total. The van der Waals surface area contributed by atoms with Gasteiger partial charge in [-0.15, -0.1) is 16.4 Å². The molecule has 0 saturated carbocycles. The Bertz CT molecular complexity index is 852. The minimum absolute atomic E-state index is 0.451. The second-order valence-electron chi connectivity index (χ2n) is 6.17. The van der Waals surface area contributed by atoms with Crippen LogP contribution in [0.3, 0.4) is 0 Å². The van der Waals surface area contributed by atoms with Crippen LogP contribution in [0.25, 0.3) is 15.9 Å². The molecule has 24 heavy (non-hydrogen) atoms. The van der Waals surface area contributed by atoms with E-state index in [1.54, 1.807) is 10.8 Å². The lowest BCUT2D eigenvalue weighted by Crippen LogP contribution is -2.28. The van der Waals surface area contributed by atoms with Gasteiger partial charge in [0.15, 0.2) is 5.65 Å². The molecular formula is C17H23N5OS. The van der Waals surface area contributed by atoms with Crippen LogP contribution in [0, 0.1) is 0 Å². The molecule has 0 aromatic carbocycles. The van der Waals surface area contributed by atoms with Gasteiger partial charge in [0.05, 0.1) is 5.39 Å². The van der Waals surface area contributed by atoms with Crippen molar-refractivity contribution in [1.29, 1.82) is 0 Å². The molecule has 3 heterocycles. The van der Waals surface area contributed by atoms with Gasteiger partial charge >= 0.3 is 6.01 Å². The summed E-state index contributed by atoms with van der Waals surface area (Å²) in [6.45, 7) is 7.89. The van der Waals surface area contributed by atoms with Crippen molar-refractivity contribution in [3.8, 4) is 6.01 Å². The lowest BCUT2D eigenvalue weighted by Gasteiger charge is -2.16. The summed E-state index contributed by atoms with van der Waals surface area (Å²) >= 11 is 1.81. The Morgan fingerprint density at radius 1 is 1.25 bits per heavy atom. The summed E-state index contributed by atoms with van der Waals surface area (Å²) in [7, 11) is 0. The van der Waals surface area contributed by atoms with Crippen molar-refractivity contribution in [1.82, 2.24) is 24.5 Å². The standard InChI is InChI=1S/C17H23N5OS/c1-3-21(4-2)9-10-23-17-19-15-14-12-7-5-6-8-13(12)24-16(14)18-11-22(15)20-17/h11H,3-10H2,1-2H3. The third kappa shape index (κ3) is 2.75. The number of ether oxygens (including phenoxy) is 1. The number of nitrogens with zero attached hydrogens (tertiary/aromatic N) is 5. The lowest BCUT2D eigenvalue weighted by atomic mass is 9.97. The van der Waals surface area contributed by atoms with Gasteiger partial charge in [-0.3, -0.25) is 0 Å². The molecule has 4 rings (SSSR count). The first-order valence-electron chi connectivity index (χ1n) is 8.81. The average Bonchev–Trinajstić information content (AvgIpc) is 3.18. The molecule has 1 aliphatic rings. The molecular weight excluding hydrogens is 322 g/mol. The molecule has 0 spiro atoms. The number of fused-ring (bicyclic) bond motifs is 5. The first-order valence-corrected chi connectivity index (χ1v) is 9.62. The number of likely N-dealkylation sites (N-methyl/N-ethyl adjacent to an activating group) is 1. The van der Waals surface area contributed by atoms with Crippen molar-refractivity contribution in [2.45, 2.75) is 39.5 Å². The predicted octanol–water partition coefficient (Wildman–Crippen LogP) is 2.94. The van der Waals surface area contributed by atoms with Gasteiger partial charge in [-0.1, -0.05) is 13.8 Å². The van der Waals surface area contributed by atoms with Crippen molar-refractivity contribution >= 4 is 27.2 Å². The van der Waals surface area contributed by atoms with Gasteiger partial charge in [0.1, 0.15) is 17.8 Å². The second kappa shape index (κ2) is 6.64. The Morgan fingerprint density at radius 2 is 2.08 bits per heavy atom. The van der Waals surface area contributed by atoms with E-state index >= 15 is 0 Å². The first-order chi connectivity index (χ1) is 11.8. The predicted molar refractivity (Wildman–Crippen MR) is 96.1 cm³/mol. The molecule has 3 aromatic heterocycles. The third-order valence-corrected chi connectivity index (χ3v) is 6.01. The van der Waals surface area contributed by atoms with E-state index in [0.717, 1.165) is 36.5 Å². The van der Waals surface area contributed by atoms with E-state index in [4.69, 9.17) is 4.74 Å². The van der Waals surface area contributed by atoms with Gasteiger partial charge in [-0.2, -0.15) is 9.50 Å². The molecule has 0 unspecified atom stereocenters. The minimum Gasteiger partial charge on any atom is -0.461 e. The van der Waals surface area contributed by atoms with Crippen LogP contribution in [0.4, 0.5) is 0 Å². The molecule has 3 aromatic rings. The highest BCUT2D eigenvalue weighted by atomic mass is 32.1. The normalized spacial score (nSPS) is 14.6. The van der Waals surface area contributed by atoms with E-state index in [2.05, 4.69) is 33.8 Å². The SMILES string of the molecule is CCN(CC)CCOc1nc2c3c4c(sc3ncn2n1)CCCC4. The maximum Gasteiger partial charge on any atom is 0.336 e. The largest absolute Gasteiger partial charge is 0.461 e. The van der Waals surface area contributed by atoms with Gasteiger partial charge < -0.3 is 9.64 Å². The third-order valence-electron chi connectivity index (χ3n) is 4.81. The number of aromatic nitrogens is 4. The fraction of sp³-hybridized carbons (Fsp3) is 0.588. The van der Waals surface area contributed by atoms with Crippen molar-refractivity contribution in [3.63, 3.8) is 0 Å². The maximum absolute atomic E-state index is 5.79. The van der Waals surface area contributed by atoms with E-state index in [9.17, 15) is 0 Å². The van der Waals surface area contributed by atoms with Gasteiger partial charge in [0.25, 0.3) is 0 Å². The number of rotatable bonds is 6. The topological polar surface area (TPSA) is 55.5 Å². The zero-order valence-corrected chi connectivity index (χ0v) is 15.1. The fourth-order valence-electron chi connectivity index (χ4n) is 3.40. The highest BCUT2D eigenvalue weighted by Gasteiger charge is 2.20. The molecule has 0 aliphatic heterocycles. The van der Waals surface area contributed by atoms with Gasteiger partial charge in [0.2, 0.25) is 0 Å². The van der Waals surface area contributed by atoms with E-state index < -0.39 is 0 Å². The van der Waals surface area contributed by atoms with Crippen LogP contribution >= 0.6 is 11.3 Å². The first kappa shape index (κ1) is 15.8. The number of aryl methyl sites for hydroxylation is 2. The Hall–Kier alpha value is -1.73. The highest BCUT2D eigenvalue weighted by molar-refractivity contribution is 7.19. The molecule has 7 heteroatoms. The van der Waals surface area contributed by atoms with Crippen LogP contribution in [0.5, 0.6) is 6.01 Å². The molecule has 0 amide bonds. The Balaban J connectivity index is 1.63. The fourth-order valence-corrected chi connectivity index (χ4v) is 4.63. The lowest BCUT2D eigenvalue weighted by molar-refractivity contribution is 0.212. The van der Waals surface area contributed by atoms with Crippen LogP contribution in [-0.4, -0.2) is 50.7 Å². The Kier molecular flexibility index (Phi) is 4.37. The molecule has 128 valence electrons. The van der Waals surface area contributed by atoms with Crippen molar-refractivity contribution in [3.05, 3.63) is 16.8 Å². The number of hydrogen-bond acceptors (Lipinski definition) is 6. The van der Waals surface area contributed by atoms with Gasteiger partial charge in [0, 0.05) is 11.4 Å². The van der Waals surface area contributed by atoms with Gasteiger partial charge in [-0.25, -0.2) is 4.98 Å². The van der Waals surface area contributed by atoms with Crippen LogP contribution < -0.4 is 4.74 Å². The molecule has 0 saturated heterocycles. The molecule has 6 nitrogen and oxygen atoms in total. The van der Waals surface area contributed by atoms with Crippen molar-refractivity contribution in [2.24, 2.45) is 0 Å². The highest BCUT2D eigenvalue weighted by Crippen LogP contribution is 2.37. The second-order valence-corrected chi connectivity index (χ2v) is 7.26. The van der Waals surface area contributed by atoms with E-state index in [1.165, 1.54) is 35.1 Å². The molecule has 0 atom stereocenters. The van der Waals surface area contributed by atoms with Crippen LogP contribution in [-0.2, 0) is 12.8 Å². The summed E-state index contributed by atoms with van der Waals surface area (Å²) in [4.78, 5) is 14.1. The average molecular weight is 345 g/mol. The molecule has 1 aliphatic carbocycles. The Labute approximate surface area is 145 Å². The number of thiophene rings is 1. The monoisotopic (exact) mass is 345 g/mol. The summed E-state index contributed by atoms with van der Waals surface area (Å²) in [5, 5.41) is 5.63. The molecule has 0 fully saturated rings. The summed E-state index contributed by atoms with van der Waals surface area (Å²) < 4.78 is 7.55. The summed E-state index contributed by atoms with van der Waals surface area (Å²) in [6.07, 6.45) is 6.58. The maximum atomic E-state index is 5.79. The quantitative estimate of drug-likeness (QED) is 0.687. The van der Waals surface area contributed by atoms with Crippen LogP contribution in [0.15, 0.2) is 6.33 Å². The summed E-state index contributed by atoms with van der Waals surface area (Å²) in [5.41, 5.74) is 2.32.